The van der Waals surface area contributed by atoms with Crippen LogP contribution in [0.15, 0.2) is 30.2 Å². The van der Waals surface area contributed by atoms with Crippen LogP contribution in [0.5, 0.6) is 11.5 Å². The molecule has 0 bridgehead atoms. The number of ether oxygens (including phenoxy) is 4. The number of aromatic hydroxyl groups is 1. The van der Waals surface area contributed by atoms with E-state index in [-0.39, 0.29) is 11.9 Å². The van der Waals surface area contributed by atoms with Gasteiger partial charge in [-0.3, -0.25) is 0 Å². The molecule has 144 valence electrons. The fourth-order valence-corrected chi connectivity index (χ4v) is 3.88. The molecule has 1 heterocycles. The van der Waals surface area contributed by atoms with Gasteiger partial charge < -0.3 is 24.1 Å². The van der Waals surface area contributed by atoms with E-state index in [9.17, 15) is 5.11 Å². The molecular weight excluding hydrogens is 332 g/mol. The Kier molecular flexibility index (Phi) is 5.97. The van der Waals surface area contributed by atoms with E-state index in [0.717, 1.165) is 12.0 Å². The van der Waals surface area contributed by atoms with Crippen LogP contribution in [0, 0.1) is 17.8 Å². The Bertz CT molecular complexity index is 639. The minimum atomic E-state index is -0.533. The Morgan fingerprint density at radius 3 is 2.81 bits per heavy atom. The normalized spacial score (nSPS) is 28.4. The Hall–Kier alpha value is -1.88. The number of methoxy groups -OCH3 is 1. The van der Waals surface area contributed by atoms with Crippen LogP contribution >= 0.6 is 0 Å². The van der Waals surface area contributed by atoms with E-state index in [2.05, 4.69) is 20.8 Å². The molecule has 26 heavy (non-hydrogen) atoms. The van der Waals surface area contributed by atoms with Gasteiger partial charge in [-0.15, -0.1) is 0 Å². The van der Waals surface area contributed by atoms with E-state index in [1.807, 2.05) is 0 Å². The number of hydrogen-bond acceptors (Lipinski definition) is 5. The molecule has 1 fully saturated rings. The van der Waals surface area contributed by atoms with Gasteiger partial charge in [0.2, 0.25) is 0 Å². The summed E-state index contributed by atoms with van der Waals surface area (Å²) < 4.78 is 22.9. The van der Waals surface area contributed by atoms with Crippen LogP contribution in [0.25, 0.3) is 0 Å². The van der Waals surface area contributed by atoms with Crippen molar-refractivity contribution in [2.24, 2.45) is 17.8 Å². The van der Waals surface area contributed by atoms with Crippen molar-refractivity contribution in [3.05, 3.63) is 35.8 Å². The van der Waals surface area contributed by atoms with Crippen molar-refractivity contribution in [2.75, 3.05) is 13.7 Å². The highest BCUT2D eigenvalue weighted by Crippen LogP contribution is 2.37. The largest absolute Gasteiger partial charge is 0.504 e. The van der Waals surface area contributed by atoms with E-state index >= 15 is 0 Å². The van der Waals surface area contributed by atoms with Gasteiger partial charge in [0.1, 0.15) is 12.9 Å². The summed E-state index contributed by atoms with van der Waals surface area (Å²) in [7, 11) is 1.52. The minimum absolute atomic E-state index is 0.0944. The summed E-state index contributed by atoms with van der Waals surface area (Å²) in [6.45, 7) is 7.28. The molecule has 0 saturated heterocycles. The van der Waals surface area contributed by atoms with Crippen molar-refractivity contribution in [3.63, 3.8) is 0 Å². The highest BCUT2D eigenvalue weighted by atomic mass is 16.7. The van der Waals surface area contributed by atoms with Crippen molar-refractivity contribution < 1.29 is 24.1 Å². The van der Waals surface area contributed by atoms with Crippen molar-refractivity contribution in [2.45, 2.75) is 52.4 Å². The van der Waals surface area contributed by atoms with Crippen LogP contribution in [-0.4, -0.2) is 24.9 Å². The Labute approximate surface area is 155 Å². The van der Waals surface area contributed by atoms with Crippen LogP contribution < -0.4 is 4.74 Å². The second kappa shape index (κ2) is 8.21. The van der Waals surface area contributed by atoms with Gasteiger partial charge in [0.05, 0.1) is 13.2 Å². The molecule has 1 aromatic rings. The van der Waals surface area contributed by atoms with Gasteiger partial charge in [-0.05, 0) is 48.8 Å². The Balaban J connectivity index is 1.55. The summed E-state index contributed by atoms with van der Waals surface area (Å²) in [5, 5.41) is 9.71. The second-order valence-electron chi connectivity index (χ2n) is 7.78. The van der Waals surface area contributed by atoms with Gasteiger partial charge in [-0.1, -0.05) is 27.2 Å². The van der Waals surface area contributed by atoms with Gasteiger partial charge in [-0.25, -0.2) is 0 Å². The number of benzene rings is 1. The fourth-order valence-electron chi connectivity index (χ4n) is 3.88. The third-order valence-corrected chi connectivity index (χ3v) is 5.46. The van der Waals surface area contributed by atoms with E-state index in [0.29, 0.717) is 35.9 Å². The zero-order valence-electron chi connectivity index (χ0n) is 16.1. The summed E-state index contributed by atoms with van der Waals surface area (Å²) in [6.07, 6.45) is 4.99. The summed E-state index contributed by atoms with van der Waals surface area (Å²) >= 11 is 0. The summed E-state index contributed by atoms with van der Waals surface area (Å²) in [4.78, 5) is 0. The summed E-state index contributed by atoms with van der Waals surface area (Å²) in [6, 6.07) is 5.05. The molecule has 1 N–H and O–H groups in total. The van der Waals surface area contributed by atoms with Gasteiger partial charge >= 0.3 is 0 Å². The molecule has 3 rings (SSSR count). The quantitative estimate of drug-likeness (QED) is 0.790. The van der Waals surface area contributed by atoms with Crippen LogP contribution in [0.1, 0.15) is 51.9 Å². The lowest BCUT2D eigenvalue weighted by Crippen LogP contribution is -2.34. The first-order valence-corrected chi connectivity index (χ1v) is 9.47. The average Bonchev–Trinajstić information content (AvgIpc) is 3.09. The summed E-state index contributed by atoms with van der Waals surface area (Å²) in [5.41, 5.74) is 0.789. The molecule has 5 heteroatoms. The Morgan fingerprint density at radius 2 is 2.08 bits per heavy atom. The molecular formula is C21H30O5. The van der Waals surface area contributed by atoms with Gasteiger partial charge in [0.15, 0.2) is 17.3 Å². The monoisotopic (exact) mass is 362 g/mol. The molecule has 4 unspecified atom stereocenters. The number of phenols is 1. The Morgan fingerprint density at radius 1 is 1.27 bits per heavy atom. The van der Waals surface area contributed by atoms with Gasteiger partial charge in [-0.2, -0.15) is 0 Å². The maximum absolute atomic E-state index is 9.71. The molecule has 1 aromatic carbocycles. The average molecular weight is 362 g/mol. The van der Waals surface area contributed by atoms with Crippen LogP contribution in [0.2, 0.25) is 0 Å². The number of rotatable bonds is 6. The molecule has 1 aliphatic heterocycles. The standard InChI is InChI=1S/C21H30O5/c1-13(2)17-7-5-14(3)9-19(17)24-11-16-12-25-21(26-16)15-6-8-18(22)20(10-15)23-4/h6,8,10,12-14,17,19,21-22H,5,7,9,11H2,1-4H3. The van der Waals surface area contributed by atoms with E-state index in [1.165, 1.54) is 20.0 Å². The lowest BCUT2D eigenvalue weighted by molar-refractivity contribution is -0.0674. The first kappa shape index (κ1) is 18.9. The second-order valence-corrected chi connectivity index (χ2v) is 7.78. The first-order chi connectivity index (χ1) is 12.5. The molecule has 1 aliphatic carbocycles. The van der Waals surface area contributed by atoms with Crippen molar-refractivity contribution in [1.29, 1.82) is 0 Å². The zero-order chi connectivity index (χ0) is 18.7. The predicted octanol–water partition coefficient (Wildman–Crippen LogP) is 4.77. The maximum Gasteiger partial charge on any atom is 0.266 e. The first-order valence-electron chi connectivity index (χ1n) is 9.47. The van der Waals surface area contributed by atoms with Crippen molar-refractivity contribution >= 4 is 0 Å². The number of phenolic OH excluding ortho intramolecular Hbond substituents is 1. The predicted molar refractivity (Wildman–Crippen MR) is 98.7 cm³/mol. The molecule has 2 aliphatic rings. The SMILES string of the molecule is COc1cc(C2OC=C(COC3CC(C)CCC3C(C)C)O2)ccc1O. The van der Waals surface area contributed by atoms with Crippen LogP contribution in [-0.2, 0) is 14.2 Å². The highest BCUT2D eigenvalue weighted by molar-refractivity contribution is 5.42. The van der Waals surface area contributed by atoms with Crippen molar-refractivity contribution in [3.8, 4) is 11.5 Å². The van der Waals surface area contributed by atoms with E-state index < -0.39 is 6.29 Å². The number of hydrogen-bond donors (Lipinski definition) is 1. The van der Waals surface area contributed by atoms with Crippen molar-refractivity contribution in [1.82, 2.24) is 0 Å². The topological polar surface area (TPSA) is 57.2 Å². The lowest BCUT2D eigenvalue weighted by atomic mass is 9.75. The molecule has 5 nitrogen and oxygen atoms in total. The van der Waals surface area contributed by atoms with E-state index in [4.69, 9.17) is 18.9 Å². The fraction of sp³-hybridized carbons (Fsp3) is 0.619. The third-order valence-electron chi connectivity index (χ3n) is 5.46. The third kappa shape index (κ3) is 4.26. The molecule has 0 amide bonds. The zero-order valence-corrected chi connectivity index (χ0v) is 16.1. The van der Waals surface area contributed by atoms with Crippen LogP contribution in [0.4, 0.5) is 0 Å². The molecule has 0 radical (unpaired) electrons. The van der Waals surface area contributed by atoms with E-state index in [1.54, 1.807) is 24.5 Å². The van der Waals surface area contributed by atoms with Gasteiger partial charge in [0.25, 0.3) is 6.29 Å². The molecule has 1 saturated carbocycles. The van der Waals surface area contributed by atoms with Gasteiger partial charge in [0, 0.05) is 5.56 Å². The molecule has 0 spiro atoms. The molecule has 0 aromatic heterocycles. The van der Waals surface area contributed by atoms with Crippen LogP contribution in [0.3, 0.4) is 0 Å². The maximum atomic E-state index is 9.71. The smallest absolute Gasteiger partial charge is 0.266 e. The molecule has 4 atom stereocenters. The lowest BCUT2D eigenvalue weighted by Gasteiger charge is -2.37. The highest BCUT2D eigenvalue weighted by Gasteiger charge is 2.32. The summed E-state index contributed by atoms with van der Waals surface area (Å²) in [5.74, 6) is 3.13. The minimum Gasteiger partial charge on any atom is -0.504 e.